The molecule has 3 rings (SSSR count). The Hall–Kier alpha value is -2.14. The van der Waals surface area contributed by atoms with Gasteiger partial charge in [-0.1, -0.05) is 6.08 Å². The van der Waals surface area contributed by atoms with Gasteiger partial charge in [-0.25, -0.2) is 13.2 Å². The molecular formula is C15H22N4O6S. The number of carboxylic acid groups (broad SMARTS) is 1. The monoisotopic (exact) mass is 386 g/mol. The third-order valence-corrected chi connectivity index (χ3v) is 6.14. The second-order valence-electron chi connectivity index (χ2n) is 6.70. The Balaban J connectivity index is 1.95. The fourth-order valence-corrected chi connectivity index (χ4v) is 4.63. The normalized spacial score (nSPS) is 37.3. The van der Waals surface area contributed by atoms with Crippen molar-refractivity contribution in [1.82, 2.24) is 14.9 Å². The summed E-state index contributed by atoms with van der Waals surface area (Å²) in [5.74, 6) is -0.873. The first-order chi connectivity index (χ1) is 12.2. The Morgan fingerprint density at radius 1 is 1.50 bits per heavy atom. The first kappa shape index (κ1) is 18.6. The van der Waals surface area contributed by atoms with E-state index in [1.807, 2.05) is 5.32 Å². The van der Waals surface area contributed by atoms with E-state index in [2.05, 4.69) is 16.3 Å². The number of methoxy groups -OCH3 is 1. The summed E-state index contributed by atoms with van der Waals surface area (Å²) >= 11 is 0. The van der Waals surface area contributed by atoms with E-state index in [-0.39, 0.29) is 30.4 Å². The Kier molecular flexibility index (Phi) is 4.93. The lowest BCUT2D eigenvalue weighted by Gasteiger charge is -2.32. The second-order valence-corrected chi connectivity index (χ2v) is 8.47. The summed E-state index contributed by atoms with van der Waals surface area (Å²) in [5, 5.41) is 10.9. The smallest absolute Gasteiger partial charge is 0.405 e. The van der Waals surface area contributed by atoms with E-state index >= 15 is 0 Å². The zero-order valence-electron chi connectivity index (χ0n) is 14.3. The van der Waals surface area contributed by atoms with Crippen LogP contribution in [0.2, 0.25) is 0 Å². The van der Waals surface area contributed by atoms with Gasteiger partial charge in [0.05, 0.1) is 23.9 Å². The number of sulfonamides is 1. The van der Waals surface area contributed by atoms with Gasteiger partial charge in [0.1, 0.15) is 11.9 Å². The van der Waals surface area contributed by atoms with Crippen LogP contribution < -0.4 is 10.0 Å². The number of amides is 2. The predicted octanol–water partition coefficient (Wildman–Crippen LogP) is -0.855. The molecule has 0 spiro atoms. The number of carbonyl (C=O) groups excluding carboxylic acids is 1. The fraction of sp³-hybridized carbons (Fsp3) is 0.667. The van der Waals surface area contributed by atoms with Crippen LogP contribution in [0.15, 0.2) is 17.6 Å². The Labute approximate surface area is 151 Å². The molecular weight excluding hydrogens is 364 g/mol. The van der Waals surface area contributed by atoms with E-state index in [0.717, 1.165) is 6.42 Å². The molecule has 1 aliphatic carbocycles. The molecule has 26 heavy (non-hydrogen) atoms. The minimum Gasteiger partial charge on any atom is -0.465 e. The van der Waals surface area contributed by atoms with Crippen LogP contribution >= 0.6 is 0 Å². The van der Waals surface area contributed by atoms with E-state index in [1.165, 1.54) is 12.0 Å². The number of nitrogens with zero attached hydrogens (tertiary/aromatic N) is 2. The summed E-state index contributed by atoms with van der Waals surface area (Å²) in [7, 11) is -2.43. The molecule has 2 saturated heterocycles. The number of rotatable bonds is 4. The van der Waals surface area contributed by atoms with E-state index in [4.69, 9.17) is 9.84 Å². The predicted molar refractivity (Wildman–Crippen MR) is 92.3 cm³/mol. The SMILES string of the molecule is C=CC1CC1N=C1NS(=O)(=O)CC(NC(=O)O)C(=O)N2CC(OC)CC12. The van der Waals surface area contributed by atoms with Crippen LogP contribution in [-0.2, 0) is 19.6 Å². The van der Waals surface area contributed by atoms with Gasteiger partial charge in [-0.3, -0.25) is 14.5 Å². The number of fused-ring (bicyclic) bond motifs is 1. The van der Waals surface area contributed by atoms with Gasteiger partial charge in [0.15, 0.2) is 0 Å². The fourth-order valence-electron chi connectivity index (χ4n) is 3.38. The highest BCUT2D eigenvalue weighted by atomic mass is 32.2. The quantitative estimate of drug-likeness (QED) is 0.538. The molecule has 0 aromatic carbocycles. The summed E-state index contributed by atoms with van der Waals surface area (Å²) < 4.78 is 32.6. The summed E-state index contributed by atoms with van der Waals surface area (Å²) in [6.07, 6.45) is 1.20. The number of amidine groups is 1. The van der Waals surface area contributed by atoms with Crippen LogP contribution in [0, 0.1) is 5.92 Å². The lowest BCUT2D eigenvalue weighted by molar-refractivity contribution is -0.133. The molecule has 0 aromatic rings. The van der Waals surface area contributed by atoms with Crippen LogP contribution in [0.25, 0.3) is 0 Å². The van der Waals surface area contributed by atoms with E-state index < -0.39 is 39.9 Å². The average molecular weight is 386 g/mol. The van der Waals surface area contributed by atoms with Gasteiger partial charge in [-0.05, 0) is 6.42 Å². The maximum Gasteiger partial charge on any atom is 0.405 e. The highest BCUT2D eigenvalue weighted by Crippen LogP contribution is 2.35. The van der Waals surface area contributed by atoms with Crippen molar-refractivity contribution in [3.8, 4) is 0 Å². The standard InChI is InChI=1S/C15H22N4O6S/c1-3-8-4-10(8)16-13-12-5-9(25-2)6-19(12)14(20)11(17-15(21)22)7-26(23,24)18-13/h3,8-12,17H,1,4-7H2,2H3,(H,16,18)(H,21,22). The molecule has 3 fully saturated rings. The maximum absolute atomic E-state index is 12.8. The van der Waals surface area contributed by atoms with Gasteiger partial charge in [-0.15, -0.1) is 6.58 Å². The number of aliphatic imine (C=N–C) groups is 1. The van der Waals surface area contributed by atoms with Gasteiger partial charge in [0, 0.05) is 26.0 Å². The molecule has 144 valence electrons. The minimum absolute atomic E-state index is 0.0592. The van der Waals surface area contributed by atoms with Crippen LogP contribution in [0.4, 0.5) is 4.79 Å². The lowest BCUT2D eigenvalue weighted by atomic mass is 10.1. The molecule has 2 aliphatic heterocycles. The van der Waals surface area contributed by atoms with Gasteiger partial charge < -0.3 is 20.1 Å². The van der Waals surface area contributed by atoms with Crippen molar-refractivity contribution in [3.05, 3.63) is 12.7 Å². The molecule has 0 aromatic heterocycles. The molecule has 3 aliphatic rings. The minimum atomic E-state index is -3.95. The molecule has 0 radical (unpaired) electrons. The first-order valence-corrected chi connectivity index (χ1v) is 9.92. The molecule has 11 heteroatoms. The van der Waals surface area contributed by atoms with Gasteiger partial charge in [-0.2, -0.15) is 0 Å². The van der Waals surface area contributed by atoms with Crippen molar-refractivity contribution < 1.29 is 27.9 Å². The van der Waals surface area contributed by atoms with Crippen LogP contribution in [-0.4, -0.2) is 79.9 Å². The van der Waals surface area contributed by atoms with Crippen molar-refractivity contribution in [2.75, 3.05) is 19.4 Å². The van der Waals surface area contributed by atoms with Crippen molar-refractivity contribution in [1.29, 1.82) is 0 Å². The molecule has 0 bridgehead atoms. The lowest BCUT2D eigenvalue weighted by Crippen LogP contribution is -2.60. The van der Waals surface area contributed by atoms with Gasteiger partial charge >= 0.3 is 6.09 Å². The zero-order valence-corrected chi connectivity index (χ0v) is 15.1. The van der Waals surface area contributed by atoms with Crippen molar-refractivity contribution in [2.24, 2.45) is 10.9 Å². The molecule has 1 saturated carbocycles. The largest absolute Gasteiger partial charge is 0.465 e. The van der Waals surface area contributed by atoms with Gasteiger partial charge in [0.25, 0.3) is 0 Å². The van der Waals surface area contributed by atoms with Crippen molar-refractivity contribution in [3.63, 3.8) is 0 Å². The van der Waals surface area contributed by atoms with Crippen molar-refractivity contribution >= 4 is 27.9 Å². The Bertz CT molecular complexity index is 751. The number of hydrogen-bond donors (Lipinski definition) is 3. The summed E-state index contributed by atoms with van der Waals surface area (Å²) in [5.41, 5.74) is 0. The molecule has 2 amide bonds. The number of nitrogens with one attached hydrogen (secondary N) is 2. The topological polar surface area (TPSA) is 137 Å². The Morgan fingerprint density at radius 3 is 2.81 bits per heavy atom. The third-order valence-electron chi connectivity index (χ3n) is 4.85. The summed E-state index contributed by atoms with van der Waals surface area (Å²) in [4.78, 5) is 29.7. The molecule has 2 heterocycles. The second kappa shape index (κ2) is 6.88. The van der Waals surface area contributed by atoms with Crippen molar-refractivity contribution in [2.45, 2.75) is 37.1 Å². The third kappa shape index (κ3) is 3.83. The number of ether oxygens (including phenoxy) is 1. The Morgan fingerprint density at radius 2 is 2.23 bits per heavy atom. The van der Waals surface area contributed by atoms with Gasteiger partial charge in [0.2, 0.25) is 15.9 Å². The first-order valence-electron chi connectivity index (χ1n) is 8.27. The number of hydrogen-bond acceptors (Lipinski definition) is 6. The number of carbonyl (C=O) groups is 2. The highest BCUT2D eigenvalue weighted by Gasteiger charge is 2.46. The maximum atomic E-state index is 12.8. The molecule has 5 unspecified atom stereocenters. The summed E-state index contributed by atoms with van der Waals surface area (Å²) in [6.45, 7) is 3.96. The van der Waals surface area contributed by atoms with E-state index in [1.54, 1.807) is 6.08 Å². The average Bonchev–Trinajstić information content (AvgIpc) is 3.16. The van der Waals surface area contributed by atoms with Crippen LogP contribution in [0.1, 0.15) is 12.8 Å². The zero-order chi connectivity index (χ0) is 19.1. The molecule has 10 nitrogen and oxygen atoms in total. The van der Waals surface area contributed by atoms with E-state index in [9.17, 15) is 18.0 Å². The molecule has 3 N–H and O–H groups in total. The molecule has 5 atom stereocenters. The van der Waals surface area contributed by atoms with E-state index in [0.29, 0.717) is 6.42 Å². The van der Waals surface area contributed by atoms with Crippen LogP contribution in [0.3, 0.4) is 0 Å². The highest BCUT2D eigenvalue weighted by molar-refractivity contribution is 7.90. The summed E-state index contributed by atoms with van der Waals surface area (Å²) in [6, 6.07) is -2.05. The van der Waals surface area contributed by atoms with Crippen LogP contribution in [0.5, 0.6) is 0 Å².